The average Bonchev–Trinajstić information content (AvgIpc) is 2.83. The van der Waals surface area contributed by atoms with Gasteiger partial charge in [-0.15, -0.1) is 11.3 Å². The summed E-state index contributed by atoms with van der Waals surface area (Å²) in [6.45, 7) is 4.09. The normalized spacial score (nSPS) is 12.6. The third kappa shape index (κ3) is 3.15. The number of rotatable bonds is 5. The van der Waals surface area contributed by atoms with E-state index in [4.69, 9.17) is 0 Å². The van der Waals surface area contributed by atoms with Crippen molar-refractivity contribution in [3.8, 4) is 0 Å². The second-order valence-electron chi connectivity index (χ2n) is 3.92. The number of nitrogens with zero attached hydrogens (tertiary/aromatic N) is 1. The van der Waals surface area contributed by atoms with E-state index in [0.717, 1.165) is 18.8 Å². The standard InChI is InChI=1S/C13H16N2S/c1-11(12-5-3-2-4-6-12)7-14-8-13-9-16-10-15-13/h2-6,9-11,14H,7-8H2,1H3. The molecular formula is C13H16N2S. The number of thiazole rings is 1. The summed E-state index contributed by atoms with van der Waals surface area (Å²) in [5, 5.41) is 5.51. The molecule has 1 N–H and O–H groups in total. The first-order valence-corrected chi connectivity index (χ1v) is 6.43. The Hall–Kier alpha value is -1.19. The molecular weight excluding hydrogens is 216 g/mol. The Kier molecular flexibility index (Phi) is 4.08. The molecule has 0 aliphatic heterocycles. The van der Waals surface area contributed by atoms with Crippen LogP contribution in [-0.4, -0.2) is 11.5 Å². The third-order valence-corrected chi connectivity index (χ3v) is 3.24. The Balaban J connectivity index is 1.78. The minimum atomic E-state index is 0.542. The Morgan fingerprint density at radius 1 is 1.31 bits per heavy atom. The van der Waals surface area contributed by atoms with Gasteiger partial charge in [-0.2, -0.15) is 0 Å². The van der Waals surface area contributed by atoms with Gasteiger partial charge in [-0.25, -0.2) is 4.98 Å². The van der Waals surface area contributed by atoms with E-state index in [2.05, 4.69) is 52.9 Å². The molecule has 0 radical (unpaired) electrons. The summed E-state index contributed by atoms with van der Waals surface area (Å²) in [4.78, 5) is 4.24. The lowest BCUT2D eigenvalue weighted by molar-refractivity contribution is 0.610. The first kappa shape index (κ1) is 11.3. The fourth-order valence-corrected chi connectivity index (χ4v) is 2.20. The number of benzene rings is 1. The molecule has 2 nitrogen and oxygen atoms in total. The van der Waals surface area contributed by atoms with Gasteiger partial charge in [-0.1, -0.05) is 37.3 Å². The molecule has 2 aromatic rings. The van der Waals surface area contributed by atoms with Crippen molar-refractivity contribution in [2.24, 2.45) is 0 Å². The molecule has 16 heavy (non-hydrogen) atoms. The molecule has 0 aliphatic carbocycles. The monoisotopic (exact) mass is 232 g/mol. The molecule has 3 heteroatoms. The maximum absolute atomic E-state index is 4.24. The lowest BCUT2D eigenvalue weighted by Crippen LogP contribution is -2.19. The summed E-state index contributed by atoms with van der Waals surface area (Å²) in [6, 6.07) is 10.6. The van der Waals surface area contributed by atoms with E-state index in [-0.39, 0.29) is 0 Å². The van der Waals surface area contributed by atoms with E-state index in [1.807, 2.05) is 5.51 Å². The Morgan fingerprint density at radius 3 is 2.81 bits per heavy atom. The van der Waals surface area contributed by atoms with Gasteiger partial charge < -0.3 is 5.32 Å². The van der Waals surface area contributed by atoms with Crippen LogP contribution < -0.4 is 5.32 Å². The molecule has 1 unspecified atom stereocenters. The van der Waals surface area contributed by atoms with E-state index in [1.165, 1.54) is 5.56 Å². The highest BCUT2D eigenvalue weighted by Crippen LogP contribution is 2.13. The van der Waals surface area contributed by atoms with Crippen molar-refractivity contribution >= 4 is 11.3 Å². The van der Waals surface area contributed by atoms with Gasteiger partial charge in [-0.05, 0) is 11.5 Å². The molecule has 1 heterocycles. The minimum Gasteiger partial charge on any atom is -0.311 e. The van der Waals surface area contributed by atoms with Crippen LogP contribution in [0.25, 0.3) is 0 Å². The molecule has 0 saturated heterocycles. The molecule has 0 fully saturated rings. The Labute approximate surface area is 100 Å². The van der Waals surface area contributed by atoms with Gasteiger partial charge >= 0.3 is 0 Å². The topological polar surface area (TPSA) is 24.9 Å². The van der Waals surface area contributed by atoms with E-state index in [9.17, 15) is 0 Å². The molecule has 0 aliphatic rings. The zero-order valence-corrected chi connectivity index (χ0v) is 10.2. The fraction of sp³-hybridized carbons (Fsp3) is 0.308. The van der Waals surface area contributed by atoms with Crippen molar-refractivity contribution in [1.29, 1.82) is 0 Å². The zero-order chi connectivity index (χ0) is 11.2. The van der Waals surface area contributed by atoms with Crippen LogP contribution in [0.15, 0.2) is 41.2 Å². The van der Waals surface area contributed by atoms with Crippen LogP contribution in [0.1, 0.15) is 24.1 Å². The summed E-state index contributed by atoms with van der Waals surface area (Å²) < 4.78 is 0. The van der Waals surface area contributed by atoms with Gasteiger partial charge in [0.25, 0.3) is 0 Å². The van der Waals surface area contributed by atoms with Gasteiger partial charge in [0.1, 0.15) is 0 Å². The van der Waals surface area contributed by atoms with Crippen molar-refractivity contribution in [3.63, 3.8) is 0 Å². The van der Waals surface area contributed by atoms with Crippen LogP contribution >= 0.6 is 11.3 Å². The summed E-state index contributed by atoms with van der Waals surface area (Å²) in [7, 11) is 0. The van der Waals surface area contributed by atoms with Gasteiger partial charge in [0, 0.05) is 18.5 Å². The summed E-state index contributed by atoms with van der Waals surface area (Å²) >= 11 is 1.64. The maximum Gasteiger partial charge on any atom is 0.0795 e. The summed E-state index contributed by atoms with van der Waals surface area (Å²) in [5.74, 6) is 0.542. The quantitative estimate of drug-likeness (QED) is 0.857. The molecule has 0 spiro atoms. The Bertz CT molecular complexity index is 397. The number of hydrogen-bond acceptors (Lipinski definition) is 3. The largest absolute Gasteiger partial charge is 0.311 e. The molecule has 1 atom stereocenters. The maximum atomic E-state index is 4.24. The first-order chi connectivity index (χ1) is 7.86. The van der Waals surface area contributed by atoms with Crippen molar-refractivity contribution in [2.45, 2.75) is 19.4 Å². The van der Waals surface area contributed by atoms with E-state index < -0.39 is 0 Å². The number of hydrogen-bond donors (Lipinski definition) is 1. The molecule has 1 aromatic heterocycles. The zero-order valence-electron chi connectivity index (χ0n) is 9.39. The molecule has 1 aromatic carbocycles. The highest BCUT2D eigenvalue weighted by Gasteiger charge is 2.04. The van der Waals surface area contributed by atoms with E-state index in [0.29, 0.717) is 5.92 Å². The van der Waals surface area contributed by atoms with Crippen molar-refractivity contribution in [1.82, 2.24) is 10.3 Å². The fourth-order valence-electron chi connectivity index (χ4n) is 1.64. The number of aromatic nitrogens is 1. The van der Waals surface area contributed by atoms with Gasteiger partial charge in [-0.3, -0.25) is 0 Å². The highest BCUT2D eigenvalue weighted by molar-refractivity contribution is 7.07. The van der Waals surface area contributed by atoms with Crippen molar-refractivity contribution < 1.29 is 0 Å². The van der Waals surface area contributed by atoms with Crippen molar-refractivity contribution in [2.75, 3.05) is 6.54 Å². The van der Waals surface area contributed by atoms with Crippen LogP contribution in [0, 0.1) is 0 Å². The van der Waals surface area contributed by atoms with Gasteiger partial charge in [0.2, 0.25) is 0 Å². The molecule has 84 valence electrons. The lowest BCUT2D eigenvalue weighted by Gasteiger charge is -2.12. The van der Waals surface area contributed by atoms with Crippen LogP contribution in [0.3, 0.4) is 0 Å². The minimum absolute atomic E-state index is 0.542. The smallest absolute Gasteiger partial charge is 0.0795 e. The van der Waals surface area contributed by atoms with Gasteiger partial charge in [0.15, 0.2) is 0 Å². The highest BCUT2D eigenvalue weighted by atomic mass is 32.1. The predicted molar refractivity (Wildman–Crippen MR) is 68.7 cm³/mol. The average molecular weight is 232 g/mol. The third-order valence-electron chi connectivity index (χ3n) is 2.61. The molecule has 0 amide bonds. The SMILES string of the molecule is CC(CNCc1cscn1)c1ccccc1. The van der Waals surface area contributed by atoms with Gasteiger partial charge in [0.05, 0.1) is 11.2 Å². The van der Waals surface area contributed by atoms with Crippen LogP contribution in [-0.2, 0) is 6.54 Å². The second kappa shape index (κ2) is 5.77. The van der Waals surface area contributed by atoms with E-state index in [1.54, 1.807) is 11.3 Å². The van der Waals surface area contributed by atoms with E-state index >= 15 is 0 Å². The lowest BCUT2D eigenvalue weighted by atomic mass is 10.0. The molecule has 2 rings (SSSR count). The van der Waals surface area contributed by atoms with Crippen LogP contribution in [0.2, 0.25) is 0 Å². The first-order valence-electron chi connectivity index (χ1n) is 5.49. The van der Waals surface area contributed by atoms with Crippen LogP contribution in [0.4, 0.5) is 0 Å². The van der Waals surface area contributed by atoms with Crippen LogP contribution in [0.5, 0.6) is 0 Å². The van der Waals surface area contributed by atoms with Crippen molar-refractivity contribution in [3.05, 3.63) is 52.5 Å². The molecule has 0 saturated carbocycles. The summed E-state index contributed by atoms with van der Waals surface area (Å²) in [5.41, 5.74) is 4.39. The predicted octanol–water partition coefficient (Wildman–Crippen LogP) is 3.04. The second-order valence-corrected chi connectivity index (χ2v) is 4.64. The number of nitrogens with one attached hydrogen (secondary N) is 1. The summed E-state index contributed by atoms with van der Waals surface area (Å²) in [6.07, 6.45) is 0. The molecule has 0 bridgehead atoms. The Morgan fingerprint density at radius 2 is 2.12 bits per heavy atom.